The number of hydrogen-bond acceptors (Lipinski definition) is 6. The Morgan fingerprint density at radius 1 is 1.30 bits per heavy atom. The number of nitrogens with one attached hydrogen (secondary N) is 2. The van der Waals surface area contributed by atoms with Crippen LogP contribution >= 0.6 is 0 Å². The smallest absolute Gasteiger partial charge is 0.226 e. The van der Waals surface area contributed by atoms with Gasteiger partial charge in [-0.05, 0) is 38.8 Å². The van der Waals surface area contributed by atoms with Gasteiger partial charge in [-0.25, -0.2) is 4.98 Å². The summed E-state index contributed by atoms with van der Waals surface area (Å²) in [6.07, 6.45) is 1.06. The summed E-state index contributed by atoms with van der Waals surface area (Å²) >= 11 is 0. The van der Waals surface area contributed by atoms with Crippen molar-refractivity contribution in [2.45, 2.75) is 39.3 Å². The number of nitrogens with zero attached hydrogens (tertiary/aromatic N) is 3. The Kier molecular flexibility index (Phi) is 3.17. The third-order valence-electron chi connectivity index (χ3n) is 3.70. The van der Waals surface area contributed by atoms with Gasteiger partial charge in [0.25, 0.3) is 0 Å². The van der Waals surface area contributed by atoms with Crippen molar-refractivity contribution in [3.8, 4) is 0 Å². The molecule has 2 aromatic heterocycles. The Labute approximate surface area is 118 Å². The van der Waals surface area contributed by atoms with Crippen molar-refractivity contribution in [3.05, 3.63) is 17.3 Å². The minimum absolute atomic E-state index is 0.341. The monoisotopic (exact) mass is 272 g/mol. The van der Waals surface area contributed by atoms with E-state index >= 15 is 0 Å². The van der Waals surface area contributed by atoms with Crippen LogP contribution in [0.25, 0.3) is 11.0 Å². The van der Waals surface area contributed by atoms with Crippen molar-refractivity contribution >= 4 is 22.8 Å². The molecule has 0 radical (unpaired) electrons. The maximum atomic E-state index is 6.06. The van der Waals surface area contributed by atoms with E-state index in [1.54, 1.807) is 0 Å². The lowest BCUT2D eigenvalue weighted by Gasteiger charge is -2.13. The van der Waals surface area contributed by atoms with E-state index in [0.717, 1.165) is 29.6 Å². The van der Waals surface area contributed by atoms with Crippen LogP contribution in [0, 0.1) is 13.8 Å². The molecule has 6 nitrogen and oxygen atoms in total. The van der Waals surface area contributed by atoms with E-state index in [9.17, 15) is 0 Å². The first-order valence-corrected chi connectivity index (χ1v) is 6.94. The van der Waals surface area contributed by atoms with Crippen molar-refractivity contribution < 1.29 is 0 Å². The highest BCUT2D eigenvalue weighted by Gasteiger charge is 2.21. The van der Waals surface area contributed by atoms with Crippen LogP contribution in [0.2, 0.25) is 0 Å². The van der Waals surface area contributed by atoms with Crippen LogP contribution < -0.4 is 16.4 Å². The van der Waals surface area contributed by atoms with Crippen LogP contribution in [0.5, 0.6) is 0 Å². The van der Waals surface area contributed by atoms with Gasteiger partial charge < -0.3 is 16.4 Å². The zero-order valence-corrected chi connectivity index (χ0v) is 12.1. The number of rotatable bonds is 2. The molecule has 0 bridgehead atoms. The van der Waals surface area contributed by atoms with Gasteiger partial charge in [0.2, 0.25) is 5.95 Å². The van der Waals surface area contributed by atoms with Crippen molar-refractivity contribution in [2.75, 3.05) is 17.6 Å². The first-order chi connectivity index (χ1) is 9.52. The standard InChI is InChI=1S/C14H20N6/c1-7-4-9(3)17-13-11(7)12(15)19-14(20-13)18-10-5-8(2)16-6-10/h4,8,10,16H,5-6H2,1-3H3,(H3,15,17,18,19,20)/t8-,10+/m1/s1. The molecule has 1 aliphatic heterocycles. The molecule has 2 atom stereocenters. The summed E-state index contributed by atoms with van der Waals surface area (Å²) in [5.74, 6) is 1.05. The quantitative estimate of drug-likeness (QED) is 0.765. The highest BCUT2D eigenvalue weighted by Crippen LogP contribution is 2.23. The van der Waals surface area contributed by atoms with Gasteiger partial charge >= 0.3 is 0 Å². The average Bonchev–Trinajstić information content (AvgIpc) is 2.73. The number of aryl methyl sites for hydroxylation is 2. The predicted molar refractivity (Wildman–Crippen MR) is 80.7 cm³/mol. The molecular weight excluding hydrogens is 252 g/mol. The second kappa shape index (κ2) is 4.86. The summed E-state index contributed by atoms with van der Waals surface area (Å²) in [6, 6.07) is 2.86. The molecule has 20 heavy (non-hydrogen) atoms. The van der Waals surface area contributed by atoms with Crippen LogP contribution in [0.3, 0.4) is 0 Å². The maximum Gasteiger partial charge on any atom is 0.226 e. The number of fused-ring (bicyclic) bond motifs is 1. The number of nitrogens with two attached hydrogens (primary N) is 1. The van der Waals surface area contributed by atoms with Gasteiger partial charge in [0.1, 0.15) is 5.82 Å². The summed E-state index contributed by atoms with van der Waals surface area (Å²) in [6.45, 7) is 7.06. The fourth-order valence-electron chi connectivity index (χ4n) is 2.80. The van der Waals surface area contributed by atoms with Crippen molar-refractivity contribution in [1.29, 1.82) is 0 Å². The Bertz CT molecular complexity index is 654. The molecule has 106 valence electrons. The van der Waals surface area contributed by atoms with Gasteiger partial charge in [0, 0.05) is 24.3 Å². The largest absolute Gasteiger partial charge is 0.383 e. The lowest BCUT2D eigenvalue weighted by atomic mass is 10.1. The summed E-state index contributed by atoms with van der Waals surface area (Å²) < 4.78 is 0. The second-order valence-corrected chi connectivity index (χ2v) is 5.60. The minimum atomic E-state index is 0.341. The lowest BCUT2D eigenvalue weighted by Crippen LogP contribution is -2.24. The Balaban J connectivity index is 1.97. The fourth-order valence-corrected chi connectivity index (χ4v) is 2.80. The molecule has 1 aliphatic rings. The third kappa shape index (κ3) is 2.38. The van der Waals surface area contributed by atoms with Crippen molar-refractivity contribution in [1.82, 2.24) is 20.3 Å². The summed E-state index contributed by atoms with van der Waals surface area (Å²) in [4.78, 5) is 13.3. The van der Waals surface area contributed by atoms with E-state index in [0.29, 0.717) is 29.5 Å². The number of hydrogen-bond donors (Lipinski definition) is 3. The molecule has 0 spiro atoms. The number of anilines is 2. The van der Waals surface area contributed by atoms with E-state index in [1.165, 1.54) is 0 Å². The van der Waals surface area contributed by atoms with E-state index in [4.69, 9.17) is 5.73 Å². The zero-order valence-electron chi connectivity index (χ0n) is 12.1. The lowest BCUT2D eigenvalue weighted by molar-refractivity contribution is 0.660. The molecule has 3 heterocycles. The first-order valence-electron chi connectivity index (χ1n) is 6.94. The van der Waals surface area contributed by atoms with E-state index in [-0.39, 0.29) is 0 Å². The van der Waals surface area contributed by atoms with Crippen molar-refractivity contribution in [3.63, 3.8) is 0 Å². The van der Waals surface area contributed by atoms with Crippen LogP contribution in [-0.2, 0) is 0 Å². The number of pyridine rings is 1. The molecule has 0 aliphatic carbocycles. The van der Waals surface area contributed by atoms with Crippen LogP contribution in [0.15, 0.2) is 6.07 Å². The predicted octanol–water partition coefficient (Wildman–Crippen LogP) is 1.39. The van der Waals surface area contributed by atoms with Gasteiger partial charge in [-0.1, -0.05) is 0 Å². The summed E-state index contributed by atoms with van der Waals surface area (Å²) in [5.41, 5.74) is 8.73. The molecule has 0 unspecified atom stereocenters. The molecule has 4 N–H and O–H groups in total. The van der Waals surface area contributed by atoms with E-state index < -0.39 is 0 Å². The van der Waals surface area contributed by atoms with Gasteiger partial charge in [-0.2, -0.15) is 9.97 Å². The van der Waals surface area contributed by atoms with E-state index in [2.05, 4.69) is 32.5 Å². The zero-order chi connectivity index (χ0) is 14.3. The SMILES string of the molecule is Cc1cc(C)c2c(N)nc(N[C@@H]3CN[C@H](C)C3)nc2n1. The van der Waals surface area contributed by atoms with Crippen LogP contribution in [-0.4, -0.2) is 33.6 Å². The topological polar surface area (TPSA) is 88.8 Å². The summed E-state index contributed by atoms with van der Waals surface area (Å²) in [7, 11) is 0. The highest BCUT2D eigenvalue weighted by molar-refractivity contribution is 5.89. The molecule has 0 saturated carbocycles. The van der Waals surface area contributed by atoms with Gasteiger partial charge in [0.15, 0.2) is 5.65 Å². The number of nitrogen functional groups attached to an aromatic ring is 1. The highest BCUT2D eigenvalue weighted by atomic mass is 15.2. The molecule has 6 heteroatoms. The Morgan fingerprint density at radius 3 is 2.80 bits per heavy atom. The second-order valence-electron chi connectivity index (χ2n) is 5.60. The first kappa shape index (κ1) is 13.1. The third-order valence-corrected chi connectivity index (χ3v) is 3.70. The van der Waals surface area contributed by atoms with Crippen LogP contribution in [0.4, 0.5) is 11.8 Å². The molecule has 2 aromatic rings. The van der Waals surface area contributed by atoms with Gasteiger partial charge in [0.05, 0.1) is 5.39 Å². The van der Waals surface area contributed by atoms with Gasteiger partial charge in [-0.15, -0.1) is 0 Å². The molecular formula is C14H20N6. The summed E-state index contributed by atoms with van der Waals surface area (Å²) in [5, 5.41) is 7.58. The minimum Gasteiger partial charge on any atom is -0.383 e. The van der Waals surface area contributed by atoms with E-state index in [1.807, 2.05) is 19.9 Å². The number of aromatic nitrogens is 3. The molecule has 1 saturated heterocycles. The fraction of sp³-hybridized carbons (Fsp3) is 0.500. The molecule has 3 rings (SSSR count). The Morgan fingerprint density at radius 2 is 2.10 bits per heavy atom. The van der Waals surface area contributed by atoms with Gasteiger partial charge in [-0.3, -0.25) is 0 Å². The molecule has 1 fully saturated rings. The average molecular weight is 272 g/mol. The maximum absolute atomic E-state index is 6.06. The Hall–Kier alpha value is -1.95. The normalized spacial score (nSPS) is 22.4. The van der Waals surface area contributed by atoms with Crippen LogP contribution in [0.1, 0.15) is 24.6 Å². The molecule has 0 aromatic carbocycles. The molecule has 0 amide bonds. The van der Waals surface area contributed by atoms with Crippen molar-refractivity contribution in [2.24, 2.45) is 0 Å².